The van der Waals surface area contributed by atoms with Crippen LogP contribution < -0.4 is 20.7 Å². The van der Waals surface area contributed by atoms with Crippen LogP contribution in [0.4, 0.5) is 11.5 Å². The van der Waals surface area contributed by atoms with Crippen LogP contribution in [0.1, 0.15) is 91.0 Å². The van der Waals surface area contributed by atoms with E-state index in [9.17, 15) is 19.2 Å². The maximum atomic E-state index is 13.4. The SMILES string of the molecule is Nc1ncnc2c1c(-c1ccc(OC3=CCCC=C3)cc1)nn2C1CCN(CC2CCN(C3CCN(c4ccc5c(c4)C(=O)N(C4CCC(=O)NC4=O)C5=O)CC3)CC2)CC1. The molecule has 4 fully saturated rings. The van der Waals surface area contributed by atoms with Gasteiger partial charge in [0.2, 0.25) is 11.8 Å². The van der Waals surface area contributed by atoms with E-state index in [0.717, 1.165) is 129 Å². The number of amides is 4. The average molecular weight is 825 g/mol. The van der Waals surface area contributed by atoms with Gasteiger partial charge in [0, 0.05) is 56.4 Å². The third kappa shape index (κ3) is 7.69. The van der Waals surface area contributed by atoms with Crippen molar-refractivity contribution >= 4 is 46.2 Å². The molecule has 2 aromatic carbocycles. The fourth-order valence-corrected chi connectivity index (χ4v) is 10.3. The van der Waals surface area contributed by atoms with Gasteiger partial charge in [0.15, 0.2) is 5.65 Å². The molecule has 0 radical (unpaired) electrons. The van der Waals surface area contributed by atoms with E-state index in [0.29, 0.717) is 28.9 Å². The molecule has 15 heteroatoms. The van der Waals surface area contributed by atoms with Gasteiger partial charge in [-0.3, -0.25) is 29.4 Å². The maximum Gasteiger partial charge on any atom is 0.262 e. The quantitative estimate of drug-likeness (QED) is 0.214. The Bertz CT molecular complexity index is 2420. The van der Waals surface area contributed by atoms with Crippen LogP contribution in [-0.2, 0) is 9.59 Å². The van der Waals surface area contributed by atoms with Crippen LogP contribution >= 0.6 is 0 Å². The molecule has 4 amide bonds. The first-order valence-corrected chi connectivity index (χ1v) is 22.0. The summed E-state index contributed by atoms with van der Waals surface area (Å²) in [6, 6.07) is 13.2. The van der Waals surface area contributed by atoms with E-state index in [-0.39, 0.29) is 24.8 Å². The molecule has 4 aromatic rings. The minimum absolute atomic E-state index is 0.104. The summed E-state index contributed by atoms with van der Waals surface area (Å²) in [5.74, 6) is 0.870. The number of allylic oxidation sites excluding steroid dienone is 3. The number of likely N-dealkylation sites (tertiary alicyclic amines) is 2. The van der Waals surface area contributed by atoms with Gasteiger partial charge in [0.1, 0.15) is 35.4 Å². The Balaban J connectivity index is 0.701. The number of benzene rings is 2. The summed E-state index contributed by atoms with van der Waals surface area (Å²) < 4.78 is 8.16. The Kier molecular flexibility index (Phi) is 10.6. The highest BCUT2D eigenvalue weighted by Gasteiger charge is 2.45. The smallest absolute Gasteiger partial charge is 0.262 e. The van der Waals surface area contributed by atoms with Gasteiger partial charge in [0.05, 0.1) is 22.6 Å². The Morgan fingerprint density at radius 2 is 1.54 bits per heavy atom. The molecule has 0 spiro atoms. The standard InChI is InChI=1S/C46H52N10O5/c47-42-40-41(30-6-9-35(10-7-30)61-34-4-2-1-3-5-34)51-56(43(40)49-28-48-42)32-16-20-52(21-17-32)27-29-14-22-53(23-15-29)31-18-24-54(25-19-31)33-8-11-36-37(26-33)46(60)55(45(36)59)38-12-13-39(57)50-44(38)58/h2,4-11,26,28-29,31-32,38H,1,3,12-25,27H2,(H2,47,48,49)(H,50,57,58). The zero-order chi connectivity index (χ0) is 41.6. The van der Waals surface area contributed by atoms with Gasteiger partial charge in [-0.15, -0.1) is 0 Å². The van der Waals surface area contributed by atoms with Gasteiger partial charge in [0.25, 0.3) is 11.8 Å². The summed E-state index contributed by atoms with van der Waals surface area (Å²) in [6.45, 7) is 7.15. The second-order valence-corrected chi connectivity index (χ2v) is 17.4. The number of anilines is 2. The number of nitrogen functional groups attached to an aromatic ring is 1. The van der Waals surface area contributed by atoms with E-state index < -0.39 is 23.8 Å². The molecule has 7 heterocycles. The van der Waals surface area contributed by atoms with Crippen molar-refractivity contribution in [2.75, 3.05) is 56.4 Å². The number of ether oxygens (including phenoxy) is 1. The molecule has 10 rings (SSSR count). The Labute approximate surface area is 354 Å². The zero-order valence-corrected chi connectivity index (χ0v) is 34.4. The largest absolute Gasteiger partial charge is 0.458 e. The molecule has 0 bridgehead atoms. The topological polar surface area (TPSA) is 172 Å². The van der Waals surface area contributed by atoms with Crippen LogP contribution in [0.3, 0.4) is 0 Å². The van der Waals surface area contributed by atoms with Crippen LogP contribution in [0.5, 0.6) is 5.75 Å². The van der Waals surface area contributed by atoms with Crippen LogP contribution in [-0.4, -0.2) is 116 Å². The summed E-state index contributed by atoms with van der Waals surface area (Å²) in [6.07, 6.45) is 16.6. The number of aromatic nitrogens is 4. The third-order valence-electron chi connectivity index (χ3n) is 13.7. The number of hydrogen-bond donors (Lipinski definition) is 2. The first kappa shape index (κ1) is 39.2. The molecule has 3 N–H and O–H groups in total. The highest BCUT2D eigenvalue weighted by Crippen LogP contribution is 2.37. The molecule has 4 saturated heterocycles. The Hall–Kier alpha value is -5.93. The van der Waals surface area contributed by atoms with Crippen molar-refractivity contribution in [2.45, 2.75) is 82.3 Å². The summed E-state index contributed by atoms with van der Waals surface area (Å²) in [5, 5.41) is 8.20. The van der Waals surface area contributed by atoms with Crippen molar-refractivity contribution < 1.29 is 23.9 Å². The number of nitrogens with one attached hydrogen (secondary N) is 1. The number of rotatable bonds is 9. The van der Waals surface area contributed by atoms with E-state index in [4.69, 9.17) is 15.6 Å². The maximum absolute atomic E-state index is 13.4. The summed E-state index contributed by atoms with van der Waals surface area (Å²) in [4.78, 5) is 68.4. The lowest BCUT2D eigenvalue weighted by atomic mass is 9.92. The van der Waals surface area contributed by atoms with Crippen LogP contribution in [0.15, 0.2) is 72.8 Å². The van der Waals surface area contributed by atoms with Crippen LogP contribution in [0, 0.1) is 5.92 Å². The third-order valence-corrected chi connectivity index (χ3v) is 13.7. The minimum atomic E-state index is -0.959. The molecule has 0 saturated carbocycles. The summed E-state index contributed by atoms with van der Waals surface area (Å²) in [7, 11) is 0. The van der Waals surface area contributed by atoms with Gasteiger partial charge in [-0.05, 0) is 131 Å². The average Bonchev–Trinajstić information content (AvgIpc) is 3.80. The second kappa shape index (κ2) is 16.5. The van der Waals surface area contributed by atoms with Crippen molar-refractivity contribution in [3.63, 3.8) is 0 Å². The lowest BCUT2D eigenvalue weighted by Crippen LogP contribution is -2.54. The van der Waals surface area contributed by atoms with Gasteiger partial charge in [-0.2, -0.15) is 5.10 Å². The number of nitrogens with zero attached hydrogens (tertiary/aromatic N) is 8. The van der Waals surface area contributed by atoms with Crippen molar-refractivity contribution in [1.29, 1.82) is 0 Å². The van der Waals surface area contributed by atoms with E-state index >= 15 is 0 Å². The van der Waals surface area contributed by atoms with Gasteiger partial charge >= 0.3 is 0 Å². The van der Waals surface area contributed by atoms with Crippen molar-refractivity contribution in [1.82, 2.24) is 39.8 Å². The number of nitrogens with two attached hydrogens (primary N) is 1. The molecule has 1 atom stereocenters. The molecule has 1 aliphatic carbocycles. The lowest BCUT2D eigenvalue weighted by Gasteiger charge is -2.43. The fraction of sp³-hybridized carbons (Fsp3) is 0.457. The number of piperidine rings is 4. The van der Waals surface area contributed by atoms with Gasteiger partial charge in [-0.1, -0.05) is 6.08 Å². The molecule has 1 unspecified atom stereocenters. The number of carbonyl (C=O) groups excluding carboxylic acids is 4. The first-order valence-electron chi connectivity index (χ1n) is 22.0. The number of hydrogen-bond acceptors (Lipinski definition) is 12. The number of imide groups is 2. The van der Waals surface area contributed by atoms with E-state index in [1.54, 1.807) is 12.1 Å². The van der Waals surface area contributed by atoms with Crippen molar-refractivity contribution in [3.05, 3.63) is 83.9 Å². The fourth-order valence-electron chi connectivity index (χ4n) is 10.3. The number of fused-ring (bicyclic) bond motifs is 2. The molecule has 6 aliphatic rings. The number of carbonyl (C=O) groups is 4. The molecular weight excluding hydrogens is 773 g/mol. The minimum Gasteiger partial charge on any atom is -0.458 e. The normalized spacial score (nSPS) is 22.6. The van der Waals surface area contributed by atoms with Crippen molar-refractivity contribution in [3.8, 4) is 17.0 Å². The monoisotopic (exact) mass is 824 g/mol. The first-order chi connectivity index (χ1) is 29.8. The Morgan fingerprint density at radius 3 is 2.28 bits per heavy atom. The van der Waals surface area contributed by atoms with Crippen LogP contribution in [0.25, 0.3) is 22.3 Å². The van der Waals surface area contributed by atoms with Gasteiger partial charge in [-0.25, -0.2) is 14.6 Å². The second-order valence-electron chi connectivity index (χ2n) is 17.4. The van der Waals surface area contributed by atoms with Crippen molar-refractivity contribution in [2.24, 2.45) is 5.92 Å². The predicted molar refractivity (Wildman–Crippen MR) is 230 cm³/mol. The highest BCUT2D eigenvalue weighted by molar-refractivity contribution is 6.23. The predicted octanol–water partition coefficient (Wildman–Crippen LogP) is 5.11. The molecule has 61 heavy (non-hydrogen) atoms. The summed E-state index contributed by atoms with van der Waals surface area (Å²) in [5.41, 5.74) is 10.6. The van der Waals surface area contributed by atoms with Crippen LogP contribution in [0.2, 0.25) is 0 Å². The summed E-state index contributed by atoms with van der Waals surface area (Å²) >= 11 is 0. The molecule has 316 valence electrons. The molecule has 15 nitrogen and oxygen atoms in total. The van der Waals surface area contributed by atoms with E-state index in [1.165, 1.54) is 19.2 Å². The highest BCUT2D eigenvalue weighted by atomic mass is 16.5. The molecule has 5 aliphatic heterocycles. The van der Waals surface area contributed by atoms with E-state index in [1.807, 2.05) is 36.4 Å². The molecular formula is C46H52N10O5. The van der Waals surface area contributed by atoms with E-state index in [2.05, 4.69) is 46.8 Å². The molecule has 2 aromatic heterocycles. The zero-order valence-electron chi connectivity index (χ0n) is 34.4. The lowest BCUT2D eigenvalue weighted by molar-refractivity contribution is -0.136. The van der Waals surface area contributed by atoms with Gasteiger partial charge < -0.3 is 25.2 Å². The Morgan fingerprint density at radius 1 is 0.787 bits per heavy atom.